The van der Waals surface area contributed by atoms with Gasteiger partial charge in [-0.15, -0.1) is 0 Å². The van der Waals surface area contributed by atoms with Gasteiger partial charge in [0, 0.05) is 44.4 Å². The van der Waals surface area contributed by atoms with E-state index in [9.17, 15) is 0 Å². The van der Waals surface area contributed by atoms with Crippen LogP contribution >= 0.6 is 0 Å². The molecule has 0 radical (unpaired) electrons. The number of nitrogens with one attached hydrogen (secondary N) is 1. The molecule has 1 saturated heterocycles. The van der Waals surface area contributed by atoms with Gasteiger partial charge in [0.05, 0.1) is 18.0 Å². The minimum absolute atomic E-state index is 0.498. The van der Waals surface area contributed by atoms with Gasteiger partial charge in [-0.3, -0.25) is 14.7 Å². The number of H-pyrrole nitrogens is 1. The van der Waals surface area contributed by atoms with E-state index in [1.165, 1.54) is 17.0 Å². The van der Waals surface area contributed by atoms with E-state index in [0.717, 1.165) is 43.9 Å². The third-order valence-electron chi connectivity index (χ3n) is 5.84. The lowest BCUT2D eigenvalue weighted by molar-refractivity contribution is 0.316. The largest absolute Gasteiger partial charge is 0.493 e. The van der Waals surface area contributed by atoms with Crippen molar-refractivity contribution in [2.24, 2.45) is 7.05 Å². The van der Waals surface area contributed by atoms with Crippen LogP contribution in [0, 0.1) is 0 Å². The maximum Gasteiger partial charge on any atom is 0.119 e. The summed E-state index contributed by atoms with van der Waals surface area (Å²) in [6.07, 6.45) is 3.86. The van der Waals surface area contributed by atoms with Gasteiger partial charge < -0.3 is 4.74 Å². The van der Waals surface area contributed by atoms with Crippen molar-refractivity contribution >= 4 is 0 Å². The Hall–Kier alpha value is -2.60. The minimum Gasteiger partial charge on any atom is -0.493 e. The zero-order chi connectivity index (χ0) is 20.2. The molecule has 0 saturated carbocycles. The van der Waals surface area contributed by atoms with Crippen LogP contribution in [0.25, 0.3) is 0 Å². The summed E-state index contributed by atoms with van der Waals surface area (Å²) in [5.74, 6) is 1.97. The first-order valence-corrected chi connectivity index (χ1v) is 10.5. The molecule has 29 heavy (non-hydrogen) atoms. The molecule has 0 spiro atoms. The van der Waals surface area contributed by atoms with E-state index in [1.54, 1.807) is 0 Å². The third kappa shape index (κ3) is 4.88. The summed E-state index contributed by atoms with van der Waals surface area (Å²) in [4.78, 5) is 2.49. The van der Waals surface area contributed by atoms with Crippen LogP contribution in [-0.4, -0.2) is 44.6 Å². The smallest absolute Gasteiger partial charge is 0.119 e. The van der Waals surface area contributed by atoms with Crippen molar-refractivity contribution in [1.29, 1.82) is 0 Å². The molecule has 4 rings (SSSR count). The third-order valence-corrected chi connectivity index (χ3v) is 5.84. The van der Waals surface area contributed by atoms with Gasteiger partial charge in [0.25, 0.3) is 0 Å². The number of hydrogen-bond acceptors (Lipinski definition) is 4. The SMILES string of the molecule is CC(C)c1ccc(OCCc2cc(C3CCN(Cc4ccnn4C)C3)n[nH]2)cc1. The van der Waals surface area contributed by atoms with Gasteiger partial charge in [-0.1, -0.05) is 26.0 Å². The van der Waals surface area contributed by atoms with Crippen molar-refractivity contribution in [3.63, 3.8) is 0 Å². The Kier molecular flexibility index (Phi) is 6.00. The summed E-state index contributed by atoms with van der Waals surface area (Å²) in [6, 6.07) is 12.7. The van der Waals surface area contributed by atoms with Gasteiger partial charge in [0.2, 0.25) is 0 Å². The zero-order valence-corrected chi connectivity index (χ0v) is 17.6. The summed E-state index contributed by atoms with van der Waals surface area (Å²) < 4.78 is 7.86. The molecule has 154 valence electrons. The number of hydrogen-bond donors (Lipinski definition) is 1. The quantitative estimate of drug-likeness (QED) is 0.631. The topological polar surface area (TPSA) is 59.0 Å². The van der Waals surface area contributed by atoms with Crippen LogP contribution < -0.4 is 4.74 Å². The molecule has 0 aliphatic carbocycles. The van der Waals surface area contributed by atoms with Crippen LogP contribution in [0.3, 0.4) is 0 Å². The average Bonchev–Trinajstić information content (AvgIpc) is 3.45. The molecule has 3 heterocycles. The van der Waals surface area contributed by atoms with E-state index in [1.807, 2.05) is 17.9 Å². The highest BCUT2D eigenvalue weighted by Gasteiger charge is 2.26. The van der Waals surface area contributed by atoms with Crippen molar-refractivity contribution < 1.29 is 4.74 Å². The standard InChI is InChI=1S/C23H31N5O/c1-17(2)18-4-6-22(7-5-18)29-13-10-20-14-23(26-25-20)19-9-12-28(15-19)16-21-8-11-24-27(21)3/h4-8,11,14,17,19H,9-10,12-13,15-16H2,1-3H3,(H,25,26). The molecule has 6 heteroatoms. The number of rotatable bonds is 8. The minimum atomic E-state index is 0.498. The van der Waals surface area contributed by atoms with Crippen molar-refractivity contribution in [2.75, 3.05) is 19.7 Å². The maximum atomic E-state index is 5.90. The number of aryl methyl sites for hydroxylation is 1. The predicted octanol–water partition coefficient (Wildman–Crippen LogP) is 3.88. The normalized spacial score (nSPS) is 17.3. The monoisotopic (exact) mass is 393 g/mol. The Morgan fingerprint density at radius 3 is 2.76 bits per heavy atom. The van der Waals surface area contributed by atoms with Crippen LogP contribution in [-0.2, 0) is 20.0 Å². The van der Waals surface area contributed by atoms with Gasteiger partial charge in [-0.2, -0.15) is 10.2 Å². The van der Waals surface area contributed by atoms with Crippen LogP contribution in [0.2, 0.25) is 0 Å². The fraction of sp³-hybridized carbons (Fsp3) is 0.478. The summed E-state index contributed by atoms with van der Waals surface area (Å²) >= 11 is 0. The second kappa shape index (κ2) is 8.82. The first-order chi connectivity index (χ1) is 14.1. The molecule has 1 atom stereocenters. The highest BCUT2D eigenvalue weighted by atomic mass is 16.5. The lowest BCUT2D eigenvalue weighted by Gasteiger charge is -2.15. The van der Waals surface area contributed by atoms with Crippen LogP contribution in [0.15, 0.2) is 42.6 Å². The highest BCUT2D eigenvalue weighted by Crippen LogP contribution is 2.27. The molecule has 3 aromatic rings. The fourth-order valence-corrected chi connectivity index (χ4v) is 3.95. The molecule has 1 unspecified atom stereocenters. The van der Waals surface area contributed by atoms with E-state index in [4.69, 9.17) is 4.74 Å². The molecular formula is C23H31N5O. The Bertz CT molecular complexity index is 912. The molecule has 1 aliphatic heterocycles. The molecule has 1 fully saturated rings. The van der Waals surface area contributed by atoms with Crippen LogP contribution in [0.5, 0.6) is 5.75 Å². The van der Waals surface area contributed by atoms with E-state index in [-0.39, 0.29) is 0 Å². The van der Waals surface area contributed by atoms with Crippen molar-refractivity contribution in [3.8, 4) is 5.75 Å². The fourth-order valence-electron chi connectivity index (χ4n) is 3.95. The molecule has 0 amide bonds. The van der Waals surface area contributed by atoms with Crippen molar-refractivity contribution in [3.05, 3.63) is 65.2 Å². The van der Waals surface area contributed by atoms with E-state index in [2.05, 4.69) is 70.4 Å². The number of likely N-dealkylation sites (tertiary alicyclic amines) is 1. The molecular weight excluding hydrogens is 362 g/mol. The van der Waals surface area contributed by atoms with Crippen molar-refractivity contribution in [2.45, 2.75) is 45.1 Å². The van der Waals surface area contributed by atoms with Gasteiger partial charge >= 0.3 is 0 Å². The van der Waals surface area contributed by atoms with Crippen molar-refractivity contribution in [1.82, 2.24) is 24.9 Å². The Labute approximate surface area is 172 Å². The average molecular weight is 394 g/mol. The van der Waals surface area contributed by atoms with Crippen LogP contribution in [0.1, 0.15) is 54.7 Å². The second-order valence-electron chi connectivity index (χ2n) is 8.31. The molecule has 1 aliphatic rings. The molecule has 6 nitrogen and oxygen atoms in total. The lowest BCUT2D eigenvalue weighted by atomic mass is 10.0. The number of benzene rings is 1. The Morgan fingerprint density at radius 2 is 2.03 bits per heavy atom. The summed E-state index contributed by atoms with van der Waals surface area (Å²) in [7, 11) is 2.00. The highest BCUT2D eigenvalue weighted by molar-refractivity contribution is 5.29. The molecule has 2 aromatic heterocycles. The van der Waals surface area contributed by atoms with E-state index in [0.29, 0.717) is 18.4 Å². The number of nitrogens with zero attached hydrogens (tertiary/aromatic N) is 4. The summed E-state index contributed by atoms with van der Waals surface area (Å²) in [6.45, 7) is 8.16. The molecule has 0 bridgehead atoms. The van der Waals surface area contributed by atoms with E-state index < -0.39 is 0 Å². The van der Waals surface area contributed by atoms with Crippen LogP contribution in [0.4, 0.5) is 0 Å². The summed E-state index contributed by atoms with van der Waals surface area (Å²) in [5, 5.41) is 12.0. The van der Waals surface area contributed by atoms with Gasteiger partial charge in [0.1, 0.15) is 5.75 Å². The first kappa shape index (κ1) is 19.7. The molecule has 1 N–H and O–H groups in total. The summed E-state index contributed by atoms with van der Waals surface area (Å²) in [5.41, 5.74) is 4.91. The second-order valence-corrected chi connectivity index (χ2v) is 8.31. The predicted molar refractivity (Wildman–Crippen MR) is 114 cm³/mol. The van der Waals surface area contributed by atoms with Gasteiger partial charge in [-0.05, 0) is 48.7 Å². The zero-order valence-electron chi connectivity index (χ0n) is 17.6. The molecule has 1 aromatic carbocycles. The first-order valence-electron chi connectivity index (χ1n) is 10.5. The number of aromatic amines is 1. The van der Waals surface area contributed by atoms with E-state index >= 15 is 0 Å². The maximum absolute atomic E-state index is 5.90. The lowest BCUT2D eigenvalue weighted by Crippen LogP contribution is -2.21. The Morgan fingerprint density at radius 1 is 1.21 bits per heavy atom. The number of ether oxygens (including phenoxy) is 1. The van der Waals surface area contributed by atoms with Gasteiger partial charge in [-0.25, -0.2) is 0 Å². The number of aromatic nitrogens is 4. The van der Waals surface area contributed by atoms with Gasteiger partial charge in [0.15, 0.2) is 0 Å². The Balaban J connectivity index is 1.25.